The highest BCUT2D eigenvalue weighted by Gasteiger charge is 2.18. The molecule has 1 aliphatic rings. The Kier molecular flexibility index (Phi) is 6.44. The number of nitrogens with one attached hydrogen (secondary N) is 2. The van der Waals surface area contributed by atoms with Gasteiger partial charge in [0.15, 0.2) is 0 Å². The lowest BCUT2D eigenvalue weighted by Gasteiger charge is -2.33. The fraction of sp³-hybridized carbons (Fsp3) is 0.296. The topological polar surface area (TPSA) is 107 Å². The van der Waals surface area contributed by atoms with Gasteiger partial charge in [0.2, 0.25) is 5.95 Å². The molecule has 6 rings (SSSR count). The summed E-state index contributed by atoms with van der Waals surface area (Å²) in [7, 11) is 1.67. The van der Waals surface area contributed by atoms with Crippen LogP contribution >= 0.6 is 0 Å². The number of benzene rings is 2. The van der Waals surface area contributed by atoms with Crippen LogP contribution in [-0.2, 0) is 6.54 Å². The fourth-order valence-corrected chi connectivity index (χ4v) is 4.89. The van der Waals surface area contributed by atoms with Gasteiger partial charge < -0.3 is 20.1 Å². The van der Waals surface area contributed by atoms with E-state index >= 15 is 0 Å². The summed E-state index contributed by atoms with van der Waals surface area (Å²) in [6.07, 6.45) is 1.81. The number of aliphatic hydroxyl groups excluding tert-OH is 1. The van der Waals surface area contributed by atoms with E-state index < -0.39 is 0 Å². The Morgan fingerprint density at radius 2 is 1.86 bits per heavy atom. The molecule has 1 aliphatic heterocycles. The number of aromatic amines is 1. The van der Waals surface area contributed by atoms with Crippen molar-refractivity contribution in [2.75, 3.05) is 51.8 Å². The molecular weight excluding hydrogens is 468 g/mol. The predicted molar refractivity (Wildman–Crippen MR) is 143 cm³/mol. The smallest absolute Gasteiger partial charge is 0.245 e. The van der Waals surface area contributed by atoms with Gasteiger partial charge in [-0.2, -0.15) is 0 Å². The molecule has 10 heteroatoms. The van der Waals surface area contributed by atoms with Gasteiger partial charge in [-0.05, 0) is 42.5 Å². The molecule has 0 radical (unpaired) electrons. The molecule has 10 nitrogen and oxygen atoms in total. The van der Waals surface area contributed by atoms with Gasteiger partial charge in [0, 0.05) is 44.0 Å². The minimum Gasteiger partial charge on any atom is -0.496 e. The molecule has 0 bridgehead atoms. The third kappa shape index (κ3) is 4.86. The quantitative estimate of drug-likeness (QED) is 0.300. The van der Waals surface area contributed by atoms with Crippen molar-refractivity contribution in [3.63, 3.8) is 0 Å². The number of H-pyrrole nitrogens is 1. The van der Waals surface area contributed by atoms with Crippen molar-refractivity contribution >= 4 is 28.2 Å². The number of rotatable bonds is 8. The highest BCUT2D eigenvalue weighted by molar-refractivity contribution is 5.80. The van der Waals surface area contributed by atoms with E-state index in [2.05, 4.69) is 25.1 Å². The van der Waals surface area contributed by atoms with Gasteiger partial charge in [-0.25, -0.2) is 14.5 Å². The minimum absolute atomic E-state index is 0.215. The first-order valence-electron chi connectivity index (χ1n) is 12.5. The van der Waals surface area contributed by atoms with Gasteiger partial charge in [-0.1, -0.05) is 12.1 Å². The van der Waals surface area contributed by atoms with E-state index in [1.54, 1.807) is 13.3 Å². The Hall–Kier alpha value is -3.99. The predicted octanol–water partition coefficient (Wildman–Crippen LogP) is 3.13. The number of fused-ring (bicyclic) bond motifs is 2. The molecule has 1 fully saturated rings. The number of hydrogen-bond donors (Lipinski definition) is 3. The number of ether oxygens (including phenoxy) is 1. The molecule has 4 heterocycles. The number of piperazine rings is 1. The van der Waals surface area contributed by atoms with Gasteiger partial charge >= 0.3 is 0 Å². The van der Waals surface area contributed by atoms with E-state index in [0.717, 1.165) is 84.3 Å². The molecule has 0 amide bonds. The fourth-order valence-electron chi connectivity index (χ4n) is 4.89. The van der Waals surface area contributed by atoms with E-state index in [-0.39, 0.29) is 6.61 Å². The van der Waals surface area contributed by atoms with Crippen LogP contribution in [0.15, 0.2) is 60.8 Å². The van der Waals surface area contributed by atoms with Crippen LogP contribution in [0.2, 0.25) is 0 Å². The molecule has 0 atom stereocenters. The van der Waals surface area contributed by atoms with Crippen LogP contribution in [0.3, 0.4) is 0 Å². The Labute approximate surface area is 214 Å². The molecule has 0 saturated carbocycles. The van der Waals surface area contributed by atoms with E-state index in [0.29, 0.717) is 5.95 Å². The molecular formula is C27H30N8O2. The zero-order valence-electron chi connectivity index (χ0n) is 20.8. The van der Waals surface area contributed by atoms with Crippen LogP contribution in [-0.4, -0.2) is 85.9 Å². The highest BCUT2D eigenvalue weighted by atomic mass is 16.5. The maximum absolute atomic E-state index is 9.14. The number of aliphatic hydroxyl groups is 1. The van der Waals surface area contributed by atoms with Gasteiger partial charge in [-0.15, -0.1) is 5.10 Å². The first-order valence-corrected chi connectivity index (χ1v) is 12.5. The summed E-state index contributed by atoms with van der Waals surface area (Å²) in [5.74, 6) is 2.25. The molecule has 3 aromatic heterocycles. The summed E-state index contributed by atoms with van der Waals surface area (Å²) in [6.45, 7) is 5.63. The monoisotopic (exact) mass is 498 g/mol. The first-order chi connectivity index (χ1) is 18.2. The van der Waals surface area contributed by atoms with Crippen molar-refractivity contribution in [2.45, 2.75) is 6.54 Å². The SMILES string of the molecule is COc1ccccc1-c1ccc2cnc(Nc3ccc4nc(CN5CCN(CCO)CC5)[nH]c4c3)nn12. The zero-order chi connectivity index (χ0) is 25.2. The minimum atomic E-state index is 0.215. The van der Waals surface area contributed by atoms with E-state index in [1.165, 1.54) is 0 Å². The van der Waals surface area contributed by atoms with Crippen LogP contribution in [0.5, 0.6) is 5.75 Å². The standard InChI is InChI=1S/C27H30N8O2/c1-37-25-5-3-2-4-21(25)24-9-7-20-17-28-27(32-35(20)24)29-19-6-8-22-23(16-19)31-26(30-22)18-34-12-10-33(11-13-34)14-15-36/h2-9,16-17,36H,10-15,18H2,1H3,(H,29,32)(H,30,31). The summed E-state index contributed by atoms with van der Waals surface area (Å²) in [5, 5.41) is 17.2. The van der Waals surface area contributed by atoms with Gasteiger partial charge in [0.25, 0.3) is 0 Å². The summed E-state index contributed by atoms with van der Waals surface area (Å²) in [6, 6.07) is 18.0. The number of methoxy groups -OCH3 is 1. The largest absolute Gasteiger partial charge is 0.496 e. The summed E-state index contributed by atoms with van der Waals surface area (Å²) in [4.78, 5) is 17.4. The third-order valence-electron chi connectivity index (χ3n) is 6.82. The molecule has 2 aromatic carbocycles. The third-order valence-corrected chi connectivity index (χ3v) is 6.82. The first kappa shape index (κ1) is 23.4. The molecule has 0 unspecified atom stereocenters. The summed E-state index contributed by atoms with van der Waals surface area (Å²) >= 11 is 0. The normalized spacial score (nSPS) is 15.0. The van der Waals surface area contributed by atoms with Crippen LogP contribution < -0.4 is 10.1 Å². The Morgan fingerprint density at radius 1 is 1.03 bits per heavy atom. The number of hydrogen-bond acceptors (Lipinski definition) is 8. The molecule has 0 aliphatic carbocycles. The van der Waals surface area contributed by atoms with E-state index in [4.69, 9.17) is 19.9 Å². The van der Waals surface area contributed by atoms with Gasteiger partial charge in [0.1, 0.15) is 11.6 Å². The lowest BCUT2D eigenvalue weighted by Crippen LogP contribution is -2.46. The second-order valence-electron chi connectivity index (χ2n) is 9.22. The second kappa shape index (κ2) is 10.2. The Morgan fingerprint density at radius 3 is 2.70 bits per heavy atom. The van der Waals surface area contributed by atoms with Crippen molar-refractivity contribution in [3.8, 4) is 17.0 Å². The summed E-state index contributed by atoms with van der Waals surface area (Å²) < 4.78 is 7.43. The lowest BCUT2D eigenvalue weighted by atomic mass is 10.1. The molecule has 37 heavy (non-hydrogen) atoms. The van der Waals surface area contributed by atoms with Gasteiger partial charge in [0.05, 0.1) is 48.7 Å². The van der Waals surface area contributed by atoms with E-state index in [1.807, 2.05) is 59.1 Å². The molecule has 5 aromatic rings. The number of nitrogens with zero attached hydrogens (tertiary/aromatic N) is 6. The summed E-state index contributed by atoms with van der Waals surface area (Å²) in [5.41, 5.74) is 5.58. The number of imidazole rings is 1. The van der Waals surface area contributed by atoms with E-state index in [9.17, 15) is 0 Å². The van der Waals surface area contributed by atoms with Crippen LogP contribution in [0.25, 0.3) is 27.8 Å². The number of anilines is 2. The maximum atomic E-state index is 9.14. The van der Waals surface area contributed by atoms with Crippen molar-refractivity contribution in [1.82, 2.24) is 34.4 Å². The highest BCUT2D eigenvalue weighted by Crippen LogP contribution is 2.31. The average molecular weight is 499 g/mol. The number of aromatic nitrogens is 5. The maximum Gasteiger partial charge on any atom is 0.245 e. The molecule has 1 saturated heterocycles. The number of para-hydroxylation sites is 1. The van der Waals surface area contributed by atoms with Crippen LogP contribution in [0.4, 0.5) is 11.6 Å². The molecule has 190 valence electrons. The van der Waals surface area contributed by atoms with Crippen molar-refractivity contribution in [2.24, 2.45) is 0 Å². The zero-order valence-corrected chi connectivity index (χ0v) is 20.8. The average Bonchev–Trinajstić information content (AvgIpc) is 3.53. The molecule has 0 spiro atoms. The van der Waals surface area contributed by atoms with Crippen LogP contribution in [0, 0.1) is 0 Å². The molecule has 3 N–H and O–H groups in total. The van der Waals surface area contributed by atoms with Crippen molar-refractivity contribution in [1.29, 1.82) is 0 Å². The Balaban J connectivity index is 1.20. The number of β-amino-alcohol motifs (C(OH)–C–C–N with tert-alkyl or cyclic N) is 1. The lowest BCUT2D eigenvalue weighted by molar-refractivity contribution is 0.107. The second-order valence-corrected chi connectivity index (χ2v) is 9.22. The Bertz CT molecular complexity index is 1520. The van der Waals surface area contributed by atoms with Gasteiger partial charge in [-0.3, -0.25) is 9.80 Å². The van der Waals surface area contributed by atoms with Crippen LogP contribution in [0.1, 0.15) is 5.82 Å². The van der Waals surface area contributed by atoms with Crippen molar-refractivity contribution in [3.05, 3.63) is 66.6 Å². The van der Waals surface area contributed by atoms with Crippen molar-refractivity contribution < 1.29 is 9.84 Å².